The molecule has 1 N–H and O–H groups in total. The van der Waals surface area contributed by atoms with Gasteiger partial charge in [-0.3, -0.25) is 4.79 Å². The van der Waals surface area contributed by atoms with E-state index in [4.69, 9.17) is 4.74 Å². The van der Waals surface area contributed by atoms with E-state index in [0.717, 1.165) is 24.9 Å². The van der Waals surface area contributed by atoms with Gasteiger partial charge >= 0.3 is 0 Å². The van der Waals surface area contributed by atoms with Crippen molar-refractivity contribution in [3.8, 4) is 0 Å². The summed E-state index contributed by atoms with van der Waals surface area (Å²) in [6.45, 7) is 2.63. The molecule has 0 aromatic heterocycles. The van der Waals surface area contributed by atoms with E-state index in [-0.39, 0.29) is 11.9 Å². The van der Waals surface area contributed by atoms with Crippen LogP contribution in [0.1, 0.15) is 51.0 Å². The summed E-state index contributed by atoms with van der Waals surface area (Å²) in [7, 11) is 3.65. The highest BCUT2D eigenvalue weighted by Gasteiger charge is 2.31. The monoisotopic (exact) mass is 410 g/mol. The summed E-state index contributed by atoms with van der Waals surface area (Å²) in [5.74, 6) is 0.153. The number of amides is 1. The topological polar surface area (TPSA) is 41.6 Å². The lowest BCUT2D eigenvalue weighted by Crippen LogP contribution is -2.51. The molecule has 30 heavy (non-hydrogen) atoms. The number of rotatable bonds is 7. The van der Waals surface area contributed by atoms with Crippen LogP contribution in [0, 0.1) is 0 Å². The second kappa shape index (κ2) is 13.9. The smallest absolute Gasteiger partial charge is 0.229 e. The fourth-order valence-electron chi connectivity index (χ4n) is 4.07. The second-order valence-electron chi connectivity index (χ2n) is 7.78. The molecule has 2 unspecified atom stereocenters. The van der Waals surface area contributed by atoms with Crippen molar-refractivity contribution in [2.75, 3.05) is 25.7 Å². The number of nitrogens with zero attached hydrogens (tertiary/aromatic N) is 1. The fourth-order valence-corrected chi connectivity index (χ4v) is 4.07. The van der Waals surface area contributed by atoms with Crippen LogP contribution in [0.25, 0.3) is 0 Å². The summed E-state index contributed by atoms with van der Waals surface area (Å²) in [6.07, 6.45) is 7.42. The molecule has 2 atom stereocenters. The molecule has 0 spiro atoms. The maximum absolute atomic E-state index is 12.8. The number of ether oxygens (including phenoxy) is 1. The van der Waals surface area contributed by atoms with E-state index >= 15 is 0 Å². The SMILES string of the molecule is CCc1ccccc1.CNC1CCCCCC1N(C(=O)CCOC)c1ccccc1. The third-order valence-electron chi connectivity index (χ3n) is 5.76. The zero-order valence-electron chi connectivity index (χ0n) is 18.8. The van der Waals surface area contributed by atoms with E-state index in [1.54, 1.807) is 7.11 Å². The van der Waals surface area contributed by atoms with Crippen LogP contribution in [0.3, 0.4) is 0 Å². The van der Waals surface area contributed by atoms with Crippen molar-refractivity contribution in [2.45, 2.75) is 64.0 Å². The molecule has 0 bridgehead atoms. The number of aryl methyl sites for hydroxylation is 1. The second-order valence-corrected chi connectivity index (χ2v) is 7.78. The van der Waals surface area contributed by atoms with Crippen LogP contribution in [0.5, 0.6) is 0 Å². The van der Waals surface area contributed by atoms with Crippen molar-refractivity contribution in [2.24, 2.45) is 0 Å². The first kappa shape index (κ1) is 24.1. The number of carbonyl (C=O) groups excluding carboxylic acids is 1. The van der Waals surface area contributed by atoms with Gasteiger partial charge in [0.05, 0.1) is 19.1 Å². The lowest BCUT2D eigenvalue weighted by Gasteiger charge is -2.36. The Morgan fingerprint density at radius 2 is 1.63 bits per heavy atom. The number of benzene rings is 2. The molecule has 1 aliphatic carbocycles. The maximum atomic E-state index is 12.8. The Morgan fingerprint density at radius 3 is 2.20 bits per heavy atom. The Morgan fingerprint density at radius 1 is 1.00 bits per heavy atom. The first-order valence-corrected chi connectivity index (χ1v) is 11.3. The van der Waals surface area contributed by atoms with E-state index < -0.39 is 0 Å². The van der Waals surface area contributed by atoms with Crippen LogP contribution in [-0.2, 0) is 16.0 Å². The number of likely N-dealkylation sites (N-methyl/N-ethyl adjacent to an activating group) is 1. The predicted octanol–water partition coefficient (Wildman–Crippen LogP) is 5.23. The number of para-hydroxylation sites is 1. The number of methoxy groups -OCH3 is 1. The van der Waals surface area contributed by atoms with Crippen molar-refractivity contribution in [1.82, 2.24) is 5.32 Å². The van der Waals surface area contributed by atoms with Gasteiger partial charge in [-0.15, -0.1) is 0 Å². The van der Waals surface area contributed by atoms with Crippen LogP contribution in [0.2, 0.25) is 0 Å². The van der Waals surface area contributed by atoms with Gasteiger partial charge < -0.3 is 15.0 Å². The Balaban J connectivity index is 0.000000335. The zero-order valence-corrected chi connectivity index (χ0v) is 18.8. The molecule has 0 heterocycles. The minimum atomic E-state index is 0.153. The van der Waals surface area contributed by atoms with Crippen molar-refractivity contribution >= 4 is 11.6 Å². The summed E-state index contributed by atoms with van der Waals surface area (Å²) in [5, 5.41) is 3.43. The van der Waals surface area contributed by atoms with Gasteiger partial charge in [-0.25, -0.2) is 0 Å². The summed E-state index contributed by atoms with van der Waals surface area (Å²) >= 11 is 0. The minimum Gasteiger partial charge on any atom is -0.384 e. The third-order valence-corrected chi connectivity index (χ3v) is 5.76. The van der Waals surface area contributed by atoms with Crippen LogP contribution in [-0.4, -0.2) is 38.8 Å². The van der Waals surface area contributed by atoms with Crippen molar-refractivity contribution < 1.29 is 9.53 Å². The van der Waals surface area contributed by atoms with Crippen LogP contribution in [0.4, 0.5) is 5.69 Å². The number of anilines is 1. The highest BCUT2D eigenvalue weighted by molar-refractivity contribution is 5.94. The molecule has 1 fully saturated rings. The summed E-state index contributed by atoms with van der Waals surface area (Å²) in [6, 6.07) is 21.1. The van der Waals surface area contributed by atoms with E-state index in [1.165, 1.54) is 24.8 Å². The molecular weight excluding hydrogens is 372 g/mol. The zero-order chi connectivity index (χ0) is 21.6. The van der Waals surface area contributed by atoms with Crippen molar-refractivity contribution in [3.05, 3.63) is 66.2 Å². The van der Waals surface area contributed by atoms with Gasteiger partial charge in [-0.1, -0.05) is 74.7 Å². The van der Waals surface area contributed by atoms with E-state index in [9.17, 15) is 4.79 Å². The Hall–Kier alpha value is -2.17. The molecule has 3 rings (SSSR count). The van der Waals surface area contributed by atoms with Crippen LogP contribution < -0.4 is 10.2 Å². The molecule has 4 heteroatoms. The van der Waals surface area contributed by atoms with Crippen LogP contribution in [0.15, 0.2) is 60.7 Å². The Kier molecular flexibility index (Phi) is 11.2. The van der Waals surface area contributed by atoms with Gasteiger partial charge in [0.25, 0.3) is 0 Å². The molecule has 1 amide bonds. The molecule has 1 saturated carbocycles. The molecule has 0 aliphatic heterocycles. The highest BCUT2D eigenvalue weighted by atomic mass is 16.5. The Labute approximate surface area is 182 Å². The van der Waals surface area contributed by atoms with Gasteiger partial charge in [-0.2, -0.15) is 0 Å². The van der Waals surface area contributed by atoms with Gasteiger partial charge in [0, 0.05) is 18.8 Å². The minimum absolute atomic E-state index is 0.153. The van der Waals surface area contributed by atoms with E-state index in [0.29, 0.717) is 19.1 Å². The van der Waals surface area contributed by atoms with Gasteiger partial charge in [0.2, 0.25) is 5.91 Å². The molecule has 2 aromatic rings. The lowest BCUT2D eigenvalue weighted by molar-refractivity contribution is -0.120. The average molecular weight is 411 g/mol. The maximum Gasteiger partial charge on any atom is 0.229 e. The molecule has 2 aromatic carbocycles. The summed E-state index contributed by atoms with van der Waals surface area (Å²) in [4.78, 5) is 14.8. The average Bonchev–Trinajstić information content (AvgIpc) is 3.05. The normalized spacial score (nSPS) is 18.6. The van der Waals surface area contributed by atoms with Gasteiger partial charge in [-0.05, 0) is 44.0 Å². The molecule has 4 nitrogen and oxygen atoms in total. The number of nitrogens with one attached hydrogen (secondary N) is 1. The molecule has 1 aliphatic rings. The molecule has 0 saturated heterocycles. The third kappa shape index (κ3) is 7.58. The summed E-state index contributed by atoms with van der Waals surface area (Å²) < 4.78 is 5.10. The van der Waals surface area contributed by atoms with Gasteiger partial charge in [0.15, 0.2) is 0 Å². The fraction of sp³-hybridized carbons (Fsp3) is 0.500. The van der Waals surface area contributed by atoms with Gasteiger partial charge in [0.1, 0.15) is 0 Å². The quantitative estimate of drug-likeness (QED) is 0.636. The molecule has 0 radical (unpaired) electrons. The first-order valence-electron chi connectivity index (χ1n) is 11.3. The summed E-state index contributed by atoms with van der Waals surface area (Å²) in [5.41, 5.74) is 2.41. The number of hydrogen-bond acceptors (Lipinski definition) is 3. The standard InChI is InChI=1S/C18H28N2O2.C8H10/c1-19-16-11-7-4-8-12-17(16)20(18(21)13-14-22-2)15-9-5-3-6-10-15;1-2-8-6-4-3-5-7-8/h3,5-6,9-10,16-17,19H,4,7-8,11-14H2,1-2H3;3-7H,2H2,1H3. The molecule has 164 valence electrons. The van der Waals surface area contributed by atoms with Crippen molar-refractivity contribution in [1.29, 1.82) is 0 Å². The van der Waals surface area contributed by atoms with Crippen LogP contribution >= 0.6 is 0 Å². The highest BCUT2D eigenvalue weighted by Crippen LogP contribution is 2.27. The first-order chi connectivity index (χ1) is 14.7. The largest absolute Gasteiger partial charge is 0.384 e. The lowest BCUT2D eigenvalue weighted by atomic mass is 10.00. The number of hydrogen-bond donors (Lipinski definition) is 1. The Bertz CT molecular complexity index is 705. The predicted molar refractivity (Wildman–Crippen MR) is 126 cm³/mol. The van der Waals surface area contributed by atoms with E-state index in [2.05, 4.69) is 36.5 Å². The van der Waals surface area contributed by atoms with E-state index in [1.807, 2.05) is 48.3 Å². The van der Waals surface area contributed by atoms with Crippen molar-refractivity contribution in [3.63, 3.8) is 0 Å². The molecular formula is C26H38N2O2. The number of carbonyl (C=O) groups is 1.